The molecular weight excluding hydrogens is 274 g/mol. The number of aliphatic hydroxyl groups is 1. The van der Waals surface area contributed by atoms with Gasteiger partial charge in [-0.25, -0.2) is 8.42 Å². The first kappa shape index (κ1) is 15.5. The molecule has 1 aromatic carbocycles. The van der Waals surface area contributed by atoms with E-state index in [1.807, 2.05) is 6.92 Å². The minimum atomic E-state index is -3.52. The van der Waals surface area contributed by atoms with Crippen LogP contribution in [0.5, 0.6) is 0 Å². The van der Waals surface area contributed by atoms with Crippen molar-refractivity contribution < 1.29 is 13.5 Å². The van der Waals surface area contributed by atoms with Gasteiger partial charge >= 0.3 is 0 Å². The van der Waals surface area contributed by atoms with E-state index in [4.69, 9.17) is 0 Å². The summed E-state index contributed by atoms with van der Waals surface area (Å²) in [7, 11) is -1.98. The van der Waals surface area contributed by atoms with Crippen molar-refractivity contribution in [1.82, 2.24) is 4.31 Å². The Kier molecular flexibility index (Phi) is 4.52. The normalized spacial score (nSPS) is 19.2. The quantitative estimate of drug-likeness (QED) is 0.928. The first-order valence-corrected chi connectivity index (χ1v) is 8.53. The van der Waals surface area contributed by atoms with Gasteiger partial charge in [-0.2, -0.15) is 4.31 Å². The zero-order valence-corrected chi connectivity index (χ0v) is 13.0. The van der Waals surface area contributed by atoms with Crippen molar-refractivity contribution in [1.29, 1.82) is 0 Å². The minimum absolute atomic E-state index is 0.170. The number of sulfonamides is 1. The van der Waals surface area contributed by atoms with Crippen LogP contribution in [-0.2, 0) is 10.0 Å². The number of hydrogen-bond donors (Lipinski definition) is 1. The maximum absolute atomic E-state index is 12.5. The van der Waals surface area contributed by atoms with Crippen molar-refractivity contribution in [3.05, 3.63) is 29.8 Å². The van der Waals surface area contributed by atoms with E-state index in [2.05, 4.69) is 0 Å². The van der Waals surface area contributed by atoms with Crippen LogP contribution in [0.4, 0.5) is 0 Å². The molecule has 0 spiro atoms. The molecule has 1 fully saturated rings. The largest absolute Gasteiger partial charge is 0.389 e. The summed E-state index contributed by atoms with van der Waals surface area (Å²) in [5.74, 6) is 0. The average molecular weight is 297 g/mol. The van der Waals surface area contributed by atoms with E-state index < -0.39 is 15.6 Å². The summed E-state index contributed by atoms with van der Waals surface area (Å²) in [5.41, 5.74) is 0.155. The van der Waals surface area contributed by atoms with Gasteiger partial charge in [0.15, 0.2) is 0 Å². The van der Waals surface area contributed by atoms with Gasteiger partial charge in [0.1, 0.15) is 0 Å². The highest BCUT2D eigenvalue weighted by Crippen LogP contribution is 2.30. The fourth-order valence-corrected chi connectivity index (χ4v) is 4.01. The molecule has 0 unspecified atom stereocenters. The van der Waals surface area contributed by atoms with E-state index in [9.17, 15) is 13.5 Å². The Morgan fingerprint density at radius 2 is 1.70 bits per heavy atom. The molecule has 0 radical (unpaired) electrons. The molecule has 1 aromatic rings. The van der Waals surface area contributed by atoms with E-state index in [1.54, 1.807) is 31.3 Å². The van der Waals surface area contributed by atoms with Crippen LogP contribution in [0.25, 0.3) is 0 Å². The second-order valence-electron chi connectivity index (χ2n) is 5.86. The van der Waals surface area contributed by atoms with Crippen molar-refractivity contribution in [2.24, 2.45) is 0 Å². The van der Waals surface area contributed by atoms with Gasteiger partial charge in [-0.3, -0.25) is 0 Å². The number of aryl methyl sites for hydroxylation is 1. The molecular formula is C15H23NO3S. The molecule has 0 aromatic heterocycles. The number of likely N-dealkylation sites (N-methyl/N-ethyl adjacent to an activating group) is 1. The van der Waals surface area contributed by atoms with Crippen LogP contribution in [0, 0.1) is 6.92 Å². The van der Waals surface area contributed by atoms with Gasteiger partial charge < -0.3 is 5.11 Å². The highest BCUT2D eigenvalue weighted by Gasteiger charge is 2.34. The van der Waals surface area contributed by atoms with Crippen LogP contribution in [0.3, 0.4) is 0 Å². The molecule has 1 N–H and O–H groups in total. The third kappa shape index (κ3) is 3.40. The van der Waals surface area contributed by atoms with E-state index in [1.165, 1.54) is 4.31 Å². The van der Waals surface area contributed by atoms with Gasteiger partial charge in [-0.05, 0) is 31.9 Å². The Labute approximate surface area is 121 Å². The number of rotatable bonds is 4. The lowest BCUT2D eigenvalue weighted by atomic mass is 9.85. The Morgan fingerprint density at radius 1 is 1.15 bits per heavy atom. The zero-order valence-electron chi connectivity index (χ0n) is 12.2. The number of benzene rings is 1. The maximum atomic E-state index is 12.5. The van der Waals surface area contributed by atoms with Gasteiger partial charge in [-0.15, -0.1) is 0 Å². The molecule has 4 nitrogen and oxygen atoms in total. The molecule has 0 bridgehead atoms. The fourth-order valence-electron chi connectivity index (χ4n) is 2.76. The topological polar surface area (TPSA) is 57.6 Å². The summed E-state index contributed by atoms with van der Waals surface area (Å²) >= 11 is 0. The molecule has 0 atom stereocenters. The molecule has 0 heterocycles. The summed E-state index contributed by atoms with van der Waals surface area (Å²) in [6.07, 6.45) is 4.42. The highest BCUT2D eigenvalue weighted by atomic mass is 32.2. The third-order valence-corrected chi connectivity index (χ3v) is 5.85. The summed E-state index contributed by atoms with van der Waals surface area (Å²) in [6.45, 7) is 2.09. The van der Waals surface area contributed by atoms with Gasteiger partial charge in [0.05, 0.1) is 10.5 Å². The van der Waals surface area contributed by atoms with Crippen molar-refractivity contribution in [3.8, 4) is 0 Å². The molecule has 1 aliphatic carbocycles. The first-order chi connectivity index (χ1) is 9.33. The SMILES string of the molecule is Cc1ccc(S(=O)(=O)N(C)CC2(O)CCCCC2)cc1. The Hall–Kier alpha value is -0.910. The second-order valence-corrected chi connectivity index (χ2v) is 7.90. The average Bonchev–Trinajstić information content (AvgIpc) is 2.39. The highest BCUT2D eigenvalue weighted by molar-refractivity contribution is 7.89. The van der Waals surface area contributed by atoms with Gasteiger partial charge in [0, 0.05) is 13.6 Å². The molecule has 1 aliphatic rings. The molecule has 0 amide bonds. The number of nitrogens with zero attached hydrogens (tertiary/aromatic N) is 1. The first-order valence-electron chi connectivity index (χ1n) is 7.09. The van der Waals surface area contributed by atoms with E-state index in [0.717, 1.165) is 24.8 Å². The predicted octanol–water partition coefficient (Wildman–Crippen LogP) is 2.31. The van der Waals surface area contributed by atoms with Crippen molar-refractivity contribution in [2.45, 2.75) is 49.5 Å². The van der Waals surface area contributed by atoms with Crippen LogP contribution in [0.1, 0.15) is 37.7 Å². The summed E-state index contributed by atoms with van der Waals surface area (Å²) in [4.78, 5) is 0.282. The lowest BCUT2D eigenvalue weighted by Gasteiger charge is -2.35. The van der Waals surface area contributed by atoms with Crippen LogP contribution >= 0.6 is 0 Å². The van der Waals surface area contributed by atoms with Gasteiger partial charge in [-0.1, -0.05) is 37.0 Å². The lowest BCUT2D eigenvalue weighted by molar-refractivity contribution is -0.00722. The Bertz CT molecular complexity index is 545. The van der Waals surface area contributed by atoms with E-state index in [-0.39, 0.29) is 11.4 Å². The Balaban J connectivity index is 2.14. The third-order valence-electron chi connectivity index (χ3n) is 4.03. The van der Waals surface area contributed by atoms with E-state index >= 15 is 0 Å². The zero-order chi connectivity index (χ0) is 14.8. The smallest absolute Gasteiger partial charge is 0.242 e. The fraction of sp³-hybridized carbons (Fsp3) is 0.600. The molecule has 5 heteroatoms. The van der Waals surface area contributed by atoms with Crippen LogP contribution < -0.4 is 0 Å². The molecule has 20 heavy (non-hydrogen) atoms. The summed E-state index contributed by atoms with van der Waals surface area (Å²) < 4.78 is 26.2. The standard InChI is InChI=1S/C15H23NO3S/c1-13-6-8-14(9-7-13)20(18,19)16(2)12-15(17)10-4-3-5-11-15/h6-9,17H,3-5,10-12H2,1-2H3. The summed E-state index contributed by atoms with van der Waals surface area (Å²) in [6, 6.07) is 6.81. The molecule has 2 rings (SSSR count). The predicted molar refractivity (Wildman–Crippen MR) is 79.0 cm³/mol. The molecule has 0 saturated heterocycles. The van der Waals surface area contributed by atoms with Crippen LogP contribution in [-0.4, -0.2) is 37.0 Å². The van der Waals surface area contributed by atoms with Crippen molar-refractivity contribution in [2.75, 3.05) is 13.6 Å². The van der Waals surface area contributed by atoms with Crippen molar-refractivity contribution in [3.63, 3.8) is 0 Å². The molecule has 1 saturated carbocycles. The van der Waals surface area contributed by atoms with Crippen molar-refractivity contribution >= 4 is 10.0 Å². The number of hydrogen-bond acceptors (Lipinski definition) is 3. The second kappa shape index (κ2) is 5.84. The van der Waals surface area contributed by atoms with Gasteiger partial charge in [0.25, 0.3) is 0 Å². The monoisotopic (exact) mass is 297 g/mol. The van der Waals surface area contributed by atoms with E-state index in [0.29, 0.717) is 12.8 Å². The Morgan fingerprint density at radius 3 is 2.25 bits per heavy atom. The maximum Gasteiger partial charge on any atom is 0.242 e. The van der Waals surface area contributed by atoms with Crippen LogP contribution in [0.15, 0.2) is 29.2 Å². The van der Waals surface area contributed by atoms with Gasteiger partial charge in [0.2, 0.25) is 10.0 Å². The molecule has 0 aliphatic heterocycles. The van der Waals surface area contributed by atoms with Crippen LogP contribution in [0.2, 0.25) is 0 Å². The molecule has 112 valence electrons. The lowest BCUT2D eigenvalue weighted by Crippen LogP contribution is -2.45. The summed E-state index contributed by atoms with van der Waals surface area (Å²) in [5, 5.41) is 10.5. The minimum Gasteiger partial charge on any atom is -0.389 e.